The van der Waals surface area contributed by atoms with Gasteiger partial charge in [-0.1, -0.05) is 47.5 Å². The summed E-state index contributed by atoms with van der Waals surface area (Å²) in [6, 6.07) is 13.8. The van der Waals surface area contributed by atoms with Gasteiger partial charge in [0.1, 0.15) is 23.0 Å². The number of carbonyl (C=O) groups excluding carboxylic acids is 2. The molecule has 11 heteroatoms. The van der Waals surface area contributed by atoms with Crippen molar-refractivity contribution >= 4 is 52.4 Å². The van der Waals surface area contributed by atoms with E-state index in [0.29, 0.717) is 32.4 Å². The lowest BCUT2D eigenvalue weighted by Crippen LogP contribution is -2.45. The quantitative estimate of drug-likeness (QED) is 0.263. The van der Waals surface area contributed by atoms with Gasteiger partial charge in [-0.2, -0.15) is 0 Å². The number of para-hydroxylation sites is 1. The van der Waals surface area contributed by atoms with Crippen LogP contribution in [0.5, 0.6) is 5.75 Å². The molecule has 39 heavy (non-hydrogen) atoms. The number of amides is 2. The number of Topliss-reactive ketones (excluding diaryl/α,β-unsaturated/α-hetero) is 1. The molecule has 0 unspecified atom stereocenters. The number of methoxy groups -OCH3 is 1. The molecule has 0 bridgehead atoms. The number of carboxylic acid groups (broad SMARTS) is 1. The van der Waals surface area contributed by atoms with Crippen LogP contribution in [-0.4, -0.2) is 42.7 Å². The van der Waals surface area contributed by atoms with Crippen LogP contribution in [0.4, 0.5) is 20.6 Å². The number of ketones is 1. The fourth-order valence-electron chi connectivity index (χ4n) is 4.68. The normalized spacial score (nSPS) is 18.4. The zero-order valence-electron chi connectivity index (χ0n) is 21.1. The number of hydrogen-bond donors (Lipinski definition) is 4. The average Bonchev–Trinajstić information content (AvgIpc) is 3.30. The third kappa shape index (κ3) is 6.00. The first-order valence-corrected chi connectivity index (χ1v) is 12.8. The van der Waals surface area contributed by atoms with E-state index in [1.807, 2.05) is 0 Å². The summed E-state index contributed by atoms with van der Waals surface area (Å²) < 4.78 is 19.7. The molecule has 2 atom stereocenters. The highest BCUT2D eigenvalue weighted by Crippen LogP contribution is 2.37. The molecule has 0 aromatic heterocycles. The van der Waals surface area contributed by atoms with Gasteiger partial charge in [0.05, 0.1) is 22.8 Å². The second kappa shape index (κ2) is 11.6. The number of halogens is 3. The van der Waals surface area contributed by atoms with Crippen molar-refractivity contribution < 1.29 is 28.6 Å². The van der Waals surface area contributed by atoms with Crippen molar-refractivity contribution in [3.05, 3.63) is 86.9 Å². The number of ether oxygens (including phenoxy) is 1. The number of alkyl halides is 1. The van der Waals surface area contributed by atoms with E-state index in [2.05, 4.69) is 16.0 Å². The third-order valence-corrected chi connectivity index (χ3v) is 7.29. The maximum atomic E-state index is 14.4. The van der Waals surface area contributed by atoms with Crippen molar-refractivity contribution in [2.45, 2.75) is 31.5 Å². The molecule has 3 aromatic rings. The molecule has 4 N–H and O–H groups in total. The second-order valence-electron chi connectivity index (χ2n) is 9.23. The fourth-order valence-corrected chi connectivity index (χ4v) is 5.18. The molecule has 1 aliphatic rings. The fraction of sp³-hybridized carbons (Fsp3) is 0.250. The second-order valence-corrected chi connectivity index (χ2v) is 10.0. The highest BCUT2D eigenvalue weighted by atomic mass is 35.5. The van der Waals surface area contributed by atoms with Gasteiger partial charge in [-0.25, -0.2) is 14.0 Å². The molecular formula is C28H26Cl2FN3O5. The minimum absolute atomic E-state index is 0.0127. The lowest BCUT2D eigenvalue weighted by atomic mass is 9.81. The number of aromatic carboxylic acids is 1. The van der Waals surface area contributed by atoms with E-state index in [1.165, 1.54) is 25.3 Å². The number of rotatable bonds is 8. The number of carbonyl (C=O) groups is 3. The molecule has 0 saturated carbocycles. The molecule has 4 rings (SSSR count). The van der Waals surface area contributed by atoms with Crippen LogP contribution in [-0.2, 0) is 16.8 Å². The van der Waals surface area contributed by atoms with Crippen LogP contribution in [0.15, 0.2) is 54.6 Å². The Labute approximate surface area is 234 Å². The van der Waals surface area contributed by atoms with E-state index in [0.717, 1.165) is 0 Å². The summed E-state index contributed by atoms with van der Waals surface area (Å²) in [6.07, 6.45) is -1.37. The van der Waals surface area contributed by atoms with Crippen molar-refractivity contribution in [2.24, 2.45) is 0 Å². The topological polar surface area (TPSA) is 117 Å². The Kier molecular flexibility index (Phi) is 8.44. The molecule has 8 nitrogen and oxygen atoms in total. The zero-order valence-corrected chi connectivity index (χ0v) is 22.6. The van der Waals surface area contributed by atoms with Crippen molar-refractivity contribution in [2.75, 3.05) is 24.3 Å². The minimum Gasteiger partial charge on any atom is -0.496 e. The summed E-state index contributed by atoms with van der Waals surface area (Å²) in [5, 5.41) is 18.4. The van der Waals surface area contributed by atoms with E-state index < -0.39 is 23.7 Å². The lowest BCUT2D eigenvalue weighted by molar-refractivity contribution is -0.124. The number of carboxylic acids is 1. The van der Waals surface area contributed by atoms with Gasteiger partial charge < -0.3 is 20.5 Å². The Balaban J connectivity index is 1.53. The average molecular weight is 574 g/mol. The van der Waals surface area contributed by atoms with Gasteiger partial charge >= 0.3 is 12.0 Å². The van der Waals surface area contributed by atoms with Crippen LogP contribution in [0.2, 0.25) is 10.0 Å². The molecule has 1 saturated heterocycles. The Hall–Kier alpha value is -3.66. The molecule has 204 valence electrons. The van der Waals surface area contributed by atoms with Gasteiger partial charge in [0.2, 0.25) is 0 Å². The largest absolute Gasteiger partial charge is 0.496 e. The summed E-state index contributed by atoms with van der Waals surface area (Å²) in [7, 11) is 1.34. The van der Waals surface area contributed by atoms with Crippen LogP contribution < -0.4 is 20.7 Å². The summed E-state index contributed by atoms with van der Waals surface area (Å²) in [5.74, 6) is -1.37. The van der Waals surface area contributed by atoms with Gasteiger partial charge in [0, 0.05) is 25.1 Å². The Morgan fingerprint density at radius 3 is 2.41 bits per heavy atom. The smallest absolute Gasteiger partial charge is 0.339 e. The molecule has 3 aromatic carbocycles. The van der Waals surface area contributed by atoms with Gasteiger partial charge in [-0.15, -0.1) is 0 Å². The van der Waals surface area contributed by atoms with Crippen molar-refractivity contribution in [3.63, 3.8) is 0 Å². The van der Waals surface area contributed by atoms with E-state index in [9.17, 15) is 23.9 Å². The molecular weight excluding hydrogens is 548 g/mol. The third-order valence-electron chi connectivity index (χ3n) is 6.66. The molecule has 2 amide bonds. The number of benzene rings is 3. The molecule has 0 radical (unpaired) electrons. The van der Waals surface area contributed by atoms with E-state index in [4.69, 9.17) is 27.9 Å². The van der Waals surface area contributed by atoms with Gasteiger partial charge in [0.25, 0.3) is 0 Å². The Morgan fingerprint density at radius 2 is 1.82 bits per heavy atom. The zero-order chi connectivity index (χ0) is 28.3. The number of anilines is 2. The molecule has 1 aliphatic heterocycles. The Morgan fingerprint density at radius 1 is 1.10 bits per heavy atom. The number of nitrogens with one attached hydrogen (secondary N) is 3. The van der Waals surface area contributed by atoms with E-state index >= 15 is 0 Å². The van der Waals surface area contributed by atoms with Crippen molar-refractivity contribution in [3.8, 4) is 5.75 Å². The first kappa shape index (κ1) is 28.4. The number of aryl methyl sites for hydroxylation is 1. The van der Waals surface area contributed by atoms with Crippen molar-refractivity contribution in [1.82, 2.24) is 5.32 Å². The highest BCUT2D eigenvalue weighted by molar-refractivity contribution is 6.39. The first-order valence-electron chi connectivity index (χ1n) is 12.0. The van der Waals surface area contributed by atoms with Crippen LogP contribution in [0.3, 0.4) is 0 Å². The number of urea groups is 1. The predicted octanol–water partition coefficient (Wildman–Crippen LogP) is 5.99. The molecule has 1 fully saturated rings. The van der Waals surface area contributed by atoms with Crippen LogP contribution in [0.1, 0.15) is 33.5 Å². The van der Waals surface area contributed by atoms with Crippen LogP contribution >= 0.6 is 23.2 Å². The summed E-state index contributed by atoms with van der Waals surface area (Å²) in [5.41, 5.74) is 1.19. The van der Waals surface area contributed by atoms with Crippen LogP contribution in [0, 0.1) is 6.92 Å². The van der Waals surface area contributed by atoms with Gasteiger partial charge in [-0.05, 0) is 53.9 Å². The Bertz CT molecular complexity index is 1430. The van der Waals surface area contributed by atoms with Gasteiger partial charge in [-0.3, -0.25) is 10.1 Å². The predicted molar refractivity (Wildman–Crippen MR) is 148 cm³/mol. The standard InChI is InChI=1S/C28H26Cl2FN3O5/c1-15-10-16(6-9-22(15)33-27(38)34-25-20(29)4-3-5-21(25)30)11-24(35)28(13-18(31)14-32-28)17-7-8-19(26(36)37)23(12-17)39-2/h3-10,12,18,32H,11,13-14H2,1-2H3,(H,36,37)(H2,33,34,38)/t18-,28-/m0/s1. The summed E-state index contributed by atoms with van der Waals surface area (Å²) in [4.78, 5) is 37.7. The van der Waals surface area contributed by atoms with Gasteiger partial charge in [0.15, 0.2) is 5.78 Å². The maximum absolute atomic E-state index is 14.4. The van der Waals surface area contributed by atoms with Crippen molar-refractivity contribution in [1.29, 1.82) is 0 Å². The SMILES string of the molecule is COc1cc([C@]2(C(=O)Cc3ccc(NC(=O)Nc4c(Cl)cccc4Cl)c(C)c3)C[C@H](F)CN2)ccc1C(=O)O. The van der Waals surface area contributed by atoms with E-state index in [1.54, 1.807) is 43.3 Å². The van der Waals surface area contributed by atoms with E-state index in [-0.39, 0.29) is 42.2 Å². The summed E-state index contributed by atoms with van der Waals surface area (Å²) in [6.45, 7) is 1.77. The molecule has 0 aliphatic carbocycles. The highest BCUT2D eigenvalue weighted by Gasteiger charge is 2.46. The monoisotopic (exact) mass is 573 g/mol. The molecule has 0 spiro atoms. The summed E-state index contributed by atoms with van der Waals surface area (Å²) >= 11 is 12.2. The number of hydrogen-bond acceptors (Lipinski definition) is 5. The maximum Gasteiger partial charge on any atom is 0.339 e. The lowest BCUT2D eigenvalue weighted by Gasteiger charge is -2.29. The minimum atomic E-state index is -1.34. The van der Waals surface area contributed by atoms with Crippen LogP contribution in [0.25, 0.3) is 0 Å². The first-order chi connectivity index (χ1) is 18.5. The molecule has 1 heterocycles.